The summed E-state index contributed by atoms with van der Waals surface area (Å²) >= 11 is 0. The van der Waals surface area contributed by atoms with Gasteiger partial charge in [0.05, 0.1) is 0 Å². The van der Waals surface area contributed by atoms with Crippen LogP contribution >= 0.6 is 0 Å². The lowest BCUT2D eigenvalue weighted by molar-refractivity contribution is -0.142. The number of carboxylic acids is 1. The van der Waals surface area contributed by atoms with Gasteiger partial charge in [-0.1, -0.05) is 31.0 Å². The first-order valence-corrected chi connectivity index (χ1v) is 7.80. The summed E-state index contributed by atoms with van der Waals surface area (Å²) < 4.78 is 14.2. The Morgan fingerprint density at radius 1 is 1.38 bits per heavy atom. The van der Waals surface area contributed by atoms with Gasteiger partial charge < -0.3 is 5.11 Å². The number of aliphatic carboxylic acids is 1. The fourth-order valence-corrected chi connectivity index (χ4v) is 4.05. The number of likely N-dealkylation sites (tertiary alicyclic amines) is 1. The second-order valence-corrected chi connectivity index (χ2v) is 6.42. The second-order valence-electron chi connectivity index (χ2n) is 6.42. The molecule has 1 saturated heterocycles. The van der Waals surface area contributed by atoms with Crippen molar-refractivity contribution in [1.29, 1.82) is 0 Å². The molecule has 3 rings (SSSR count). The molecule has 0 aromatic heterocycles. The number of carboxylic acid groups (broad SMARTS) is 1. The fourth-order valence-electron chi connectivity index (χ4n) is 4.05. The van der Waals surface area contributed by atoms with Gasteiger partial charge in [-0.15, -0.1) is 0 Å². The Hall–Kier alpha value is -1.42. The summed E-state index contributed by atoms with van der Waals surface area (Å²) in [5.74, 6) is -0.494. The van der Waals surface area contributed by atoms with Crippen LogP contribution in [0.15, 0.2) is 18.2 Å². The lowest BCUT2D eigenvalue weighted by atomic mass is 9.84. The largest absolute Gasteiger partial charge is 0.480 e. The Balaban J connectivity index is 1.86. The number of aryl methyl sites for hydroxylation is 1. The third-order valence-corrected chi connectivity index (χ3v) is 5.13. The van der Waals surface area contributed by atoms with Gasteiger partial charge in [0, 0.05) is 18.2 Å². The molecule has 2 fully saturated rings. The van der Waals surface area contributed by atoms with Crippen molar-refractivity contribution in [2.24, 2.45) is 5.92 Å². The molecule has 1 aliphatic carbocycles. The van der Waals surface area contributed by atoms with Crippen LogP contribution in [0.1, 0.15) is 43.2 Å². The number of benzene rings is 1. The first-order valence-electron chi connectivity index (χ1n) is 7.80. The van der Waals surface area contributed by atoms with Crippen molar-refractivity contribution < 1.29 is 14.3 Å². The van der Waals surface area contributed by atoms with Gasteiger partial charge in [-0.25, -0.2) is 4.39 Å². The fraction of sp³-hybridized carbons (Fsp3) is 0.588. The molecular formula is C17H22FNO2. The van der Waals surface area contributed by atoms with Gasteiger partial charge in [0.25, 0.3) is 0 Å². The van der Waals surface area contributed by atoms with Gasteiger partial charge >= 0.3 is 5.97 Å². The number of fused-ring (bicyclic) bond motifs is 1. The third kappa shape index (κ3) is 2.69. The second kappa shape index (κ2) is 5.76. The Labute approximate surface area is 124 Å². The SMILES string of the molecule is Cc1cccc(CN2C(C(=O)O)CC3CCCCC32)c1F. The van der Waals surface area contributed by atoms with Crippen molar-refractivity contribution in [2.45, 2.75) is 57.7 Å². The van der Waals surface area contributed by atoms with Crippen LogP contribution in [0.3, 0.4) is 0 Å². The van der Waals surface area contributed by atoms with E-state index >= 15 is 0 Å². The minimum absolute atomic E-state index is 0.194. The van der Waals surface area contributed by atoms with Crippen LogP contribution in [0.5, 0.6) is 0 Å². The first-order chi connectivity index (χ1) is 10.1. The minimum Gasteiger partial charge on any atom is -0.480 e. The molecule has 1 heterocycles. The van der Waals surface area contributed by atoms with Crippen molar-refractivity contribution in [2.75, 3.05) is 0 Å². The van der Waals surface area contributed by atoms with E-state index in [-0.39, 0.29) is 5.82 Å². The molecule has 1 aliphatic heterocycles. The van der Waals surface area contributed by atoms with E-state index in [4.69, 9.17) is 0 Å². The monoisotopic (exact) mass is 291 g/mol. The standard InChI is InChI=1S/C17H22FNO2/c1-11-5-4-7-13(16(11)18)10-19-14-8-3-2-6-12(14)9-15(19)17(20)21/h4-5,7,12,14-15H,2-3,6,8-10H2,1H3,(H,20,21). The summed E-state index contributed by atoms with van der Waals surface area (Å²) in [6.07, 6.45) is 5.22. The molecule has 1 aromatic rings. The van der Waals surface area contributed by atoms with E-state index in [1.165, 1.54) is 6.42 Å². The lowest BCUT2D eigenvalue weighted by Crippen LogP contribution is -2.41. The van der Waals surface area contributed by atoms with Gasteiger partial charge in [0.2, 0.25) is 0 Å². The molecule has 4 heteroatoms. The van der Waals surface area contributed by atoms with Crippen molar-refractivity contribution in [3.05, 3.63) is 35.1 Å². The molecule has 0 bridgehead atoms. The molecule has 3 atom stereocenters. The van der Waals surface area contributed by atoms with Crippen LogP contribution in [0, 0.1) is 18.7 Å². The molecule has 2 aliphatic rings. The van der Waals surface area contributed by atoms with E-state index in [0.29, 0.717) is 36.1 Å². The third-order valence-electron chi connectivity index (χ3n) is 5.13. The van der Waals surface area contributed by atoms with E-state index in [1.807, 2.05) is 11.0 Å². The number of halogens is 1. The lowest BCUT2D eigenvalue weighted by Gasteiger charge is -2.33. The van der Waals surface area contributed by atoms with Crippen LogP contribution < -0.4 is 0 Å². The minimum atomic E-state index is -0.766. The zero-order chi connectivity index (χ0) is 15.0. The number of hydrogen-bond donors (Lipinski definition) is 1. The Kier molecular flexibility index (Phi) is 3.98. The van der Waals surface area contributed by atoms with E-state index in [0.717, 1.165) is 19.3 Å². The van der Waals surface area contributed by atoms with Gasteiger partial charge in [-0.05, 0) is 37.7 Å². The predicted molar refractivity (Wildman–Crippen MR) is 78.5 cm³/mol. The summed E-state index contributed by atoms with van der Waals surface area (Å²) in [5, 5.41) is 9.50. The van der Waals surface area contributed by atoms with Crippen LogP contribution in [-0.4, -0.2) is 28.1 Å². The van der Waals surface area contributed by atoms with E-state index in [9.17, 15) is 14.3 Å². The molecule has 1 N–H and O–H groups in total. The molecule has 3 unspecified atom stereocenters. The van der Waals surface area contributed by atoms with Crippen LogP contribution in [0.25, 0.3) is 0 Å². The van der Waals surface area contributed by atoms with Gasteiger partial charge in [0.1, 0.15) is 11.9 Å². The summed E-state index contributed by atoms with van der Waals surface area (Å²) in [5.41, 5.74) is 1.24. The molecule has 21 heavy (non-hydrogen) atoms. The highest BCUT2D eigenvalue weighted by Crippen LogP contribution is 2.40. The molecule has 1 aromatic carbocycles. The van der Waals surface area contributed by atoms with Crippen LogP contribution in [-0.2, 0) is 11.3 Å². The van der Waals surface area contributed by atoms with Crippen molar-refractivity contribution in [3.63, 3.8) is 0 Å². The molecule has 0 amide bonds. The molecule has 114 valence electrons. The normalized spacial score (nSPS) is 29.3. The Bertz CT molecular complexity index is 546. The van der Waals surface area contributed by atoms with Gasteiger partial charge in [-0.2, -0.15) is 0 Å². The average molecular weight is 291 g/mol. The van der Waals surface area contributed by atoms with E-state index in [2.05, 4.69) is 0 Å². The topological polar surface area (TPSA) is 40.5 Å². The number of nitrogens with zero attached hydrogens (tertiary/aromatic N) is 1. The predicted octanol–water partition coefficient (Wildman–Crippen LogP) is 3.35. The van der Waals surface area contributed by atoms with Crippen LogP contribution in [0.4, 0.5) is 4.39 Å². The van der Waals surface area contributed by atoms with E-state index in [1.54, 1.807) is 19.1 Å². The van der Waals surface area contributed by atoms with E-state index < -0.39 is 12.0 Å². The number of carbonyl (C=O) groups is 1. The average Bonchev–Trinajstić information content (AvgIpc) is 2.83. The zero-order valence-corrected chi connectivity index (χ0v) is 12.4. The molecular weight excluding hydrogens is 269 g/mol. The maximum Gasteiger partial charge on any atom is 0.320 e. The smallest absolute Gasteiger partial charge is 0.320 e. The maximum absolute atomic E-state index is 14.2. The number of rotatable bonds is 3. The molecule has 0 spiro atoms. The van der Waals surface area contributed by atoms with Gasteiger partial charge in [0.15, 0.2) is 0 Å². The first kappa shape index (κ1) is 14.5. The summed E-state index contributed by atoms with van der Waals surface area (Å²) in [4.78, 5) is 13.6. The number of hydrogen-bond acceptors (Lipinski definition) is 2. The molecule has 1 saturated carbocycles. The zero-order valence-electron chi connectivity index (χ0n) is 12.4. The highest BCUT2D eigenvalue weighted by molar-refractivity contribution is 5.74. The highest BCUT2D eigenvalue weighted by Gasteiger charge is 2.45. The van der Waals surface area contributed by atoms with Crippen molar-refractivity contribution in [1.82, 2.24) is 4.90 Å². The van der Waals surface area contributed by atoms with Crippen LogP contribution in [0.2, 0.25) is 0 Å². The summed E-state index contributed by atoms with van der Waals surface area (Å²) in [6.45, 7) is 2.16. The Morgan fingerprint density at radius 3 is 2.90 bits per heavy atom. The molecule has 0 radical (unpaired) electrons. The maximum atomic E-state index is 14.2. The molecule has 3 nitrogen and oxygen atoms in total. The highest BCUT2D eigenvalue weighted by atomic mass is 19.1. The summed E-state index contributed by atoms with van der Waals surface area (Å²) in [7, 11) is 0. The van der Waals surface area contributed by atoms with Crippen molar-refractivity contribution in [3.8, 4) is 0 Å². The summed E-state index contributed by atoms with van der Waals surface area (Å²) in [6, 6.07) is 5.22. The van der Waals surface area contributed by atoms with Crippen molar-refractivity contribution >= 4 is 5.97 Å². The van der Waals surface area contributed by atoms with Gasteiger partial charge in [-0.3, -0.25) is 9.69 Å². The Morgan fingerprint density at radius 2 is 2.14 bits per heavy atom. The quantitative estimate of drug-likeness (QED) is 0.928.